The number of carbonyl (C=O) groups is 1. The highest BCUT2D eigenvalue weighted by Gasteiger charge is 2.22. The zero-order valence-corrected chi connectivity index (χ0v) is 17.7. The predicted octanol–water partition coefficient (Wildman–Crippen LogP) is 4.30. The molecule has 0 spiro atoms. The molecule has 0 saturated carbocycles. The van der Waals surface area contributed by atoms with Gasteiger partial charge in [0.15, 0.2) is 0 Å². The summed E-state index contributed by atoms with van der Waals surface area (Å²) in [5.74, 6) is 0. The molecular formula is C20H20ClN3O4S. The zero-order chi connectivity index (χ0) is 21.4. The first-order valence-electron chi connectivity index (χ1n) is 8.66. The molecule has 0 aliphatic rings. The fourth-order valence-electron chi connectivity index (χ4n) is 2.63. The van der Waals surface area contributed by atoms with E-state index in [9.17, 15) is 13.2 Å². The topological polar surface area (TPSA) is 104 Å². The molecule has 0 aliphatic carbocycles. The van der Waals surface area contributed by atoms with Crippen molar-refractivity contribution in [2.75, 3.05) is 0 Å². The summed E-state index contributed by atoms with van der Waals surface area (Å²) in [6, 6.07) is 13.0. The average molecular weight is 434 g/mol. The van der Waals surface area contributed by atoms with Crippen LogP contribution in [-0.4, -0.2) is 29.9 Å². The summed E-state index contributed by atoms with van der Waals surface area (Å²) in [4.78, 5) is 12.5. The molecule has 9 heteroatoms. The largest absolute Gasteiger partial charge is 0.442 e. The molecule has 0 radical (unpaired) electrons. The van der Waals surface area contributed by atoms with Gasteiger partial charge in [0.1, 0.15) is 11.3 Å². The van der Waals surface area contributed by atoms with Gasteiger partial charge < -0.3 is 4.74 Å². The van der Waals surface area contributed by atoms with Gasteiger partial charge in [0.2, 0.25) is 10.0 Å². The maximum Gasteiger partial charge on any atom is 0.435 e. The van der Waals surface area contributed by atoms with Crippen LogP contribution in [0.25, 0.3) is 22.4 Å². The lowest BCUT2D eigenvalue weighted by atomic mass is 10.0. The van der Waals surface area contributed by atoms with Crippen molar-refractivity contribution in [1.29, 1.82) is 0 Å². The Balaban J connectivity index is 2.11. The van der Waals surface area contributed by atoms with Gasteiger partial charge in [0.05, 0.1) is 4.90 Å². The smallest absolute Gasteiger partial charge is 0.435 e. The number of hydrogen-bond acceptors (Lipinski definition) is 5. The molecule has 2 aromatic carbocycles. The maximum absolute atomic E-state index is 12.5. The maximum atomic E-state index is 12.5. The lowest BCUT2D eigenvalue weighted by Crippen LogP contribution is -2.27. The Bertz CT molecular complexity index is 1150. The van der Waals surface area contributed by atoms with Gasteiger partial charge in [0.25, 0.3) is 0 Å². The monoisotopic (exact) mass is 433 g/mol. The van der Waals surface area contributed by atoms with Crippen molar-refractivity contribution in [2.24, 2.45) is 5.14 Å². The third kappa shape index (κ3) is 5.03. The highest BCUT2D eigenvalue weighted by Crippen LogP contribution is 2.32. The Kier molecular flexibility index (Phi) is 5.53. The number of nitrogens with zero attached hydrogens (tertiary/aromatic N) is 2. The first-order valence-corrected chi connectivity index (χ1v) is 10.6. The standard InChI is InChI=1S/C20H20ClN3O4S/c1-20(2,3)28-19(25)24-12-17(13-4-8-15(21)9-5-13)18(23-24)14-6-10-16(11-7-14)29(22,26)27/h4-12H,1-3H3,(H2,22,26,27). The van der Waals surface area contributed by atoms with Crippen LogP contribution in [0.4, 0.5) is 4.79 Å². The van der Waals surface area contributed by atoms with E-state index in [0.717, 1.165) is 10.2 Å². The van der Waals surface area contributed by atoms with Gasteiger partial charge in [-0.2, -0.15) is 9.78 Å². The Hall–Kier alpha value is -2.68. The van der Waals surface area contributed by atoms with Crippen LogP contribution in [0.1, 0.15) is 20.8 Å². The van der Waals surface area contributed by atoms with Gasteiger partial charge in [-0.3, -0.25) is 0 Å². The Morgan fingerprint density at radius 3 is 2.10 bits per heavy atom. The molecule has 29 heavy (non-hydrogen) atoms. The van der Waals surface area contributed by atoms with Crippen LogP contribution in [0.2, 0.25) is 5.02 Å². The van der Waals surface area contributed by atoms with Crippen molar-refractivity contribution in [3.63, 3.8) is 0 Å². The second kappa shape index (κ2) is 7.62. The molecule has 0 fully saturated rings. The molecular weight excluding hydrogens is 414 g/mol. The van der Waals surface area contributed by atoms with E-state index in [-0.39, 0.29) is 4.90 Å². The van der Waals surface area contributed by atoms with E-state index in [1.807, 2.05) is 0 Å². The van der Waals surface area contributed by atoms with E-state index < -0.39 is 21.7 Å². The third-order valence-corrected chi connectivity index (χ3v) is 5.09. The van der Waals surface area contributed by atoms with Crippen LogP contribution in [0.3, 0.4) is 0 Å². The van der Waals surface area contributed by atoms with Crippen molar-refractivity contribution in [3.05, 3.63) is 59.8 Å². The zero-order valence-electron chi connectivity index (χ0n) is 16.1. The summed E-state index contributed by atoms with van der Waals surface area (Å²) in [7, 11) is -3.81. The van der Waals surface area contributed by atoms with E-state index >= 15 is 0 Å². The number of rotatable bonds is 3. The second-order valence-electron chi connectivity index (χ2n) is 7.39. The molecule has 1 aromatic heterocycles. The van der Waals surface area contributed by atoms with Crippen LogP contribution in [-0.2, 0) is 14.8 Å². The van der Waals surface area contributed by atoms with Gasteiger partial charge in [0, 0.05) is 22.3 Å². The molecule has 0 amide bonds. The first-order chi connectivity index (χ1) is 13.4. The van der Waals surface area contributed by atoms with Crippen LogP contribution in [0.15, 0.2) is 59.6 Å². The summed E-state index contributed by atoms with van der Waals surface area (Å²) < 4.78 is 29.5. The third-order valence-electron chi connectivity index (χ3n) is 3.91. The Morgan fingerprint density at radius 1 is 1.03 bits per heavy atom. The fraction of sp³-hybridized carbons (Fsp3) is 0.200. The minimum Gasteiger partial charge on any atom is -0.442 e. The molecule has 1 heterocycles. The molecule has 3 rings (SSSR count). The van der Waals surface area contributed by atoms with Gasteiger partial charge >= 0.3 is 6.09 Å². The first kappa shape index (κ1) is 21.0. The summed E-state index contributed by atoms with van der Waals surface area (Å²) in [5.41, 5.74) is 1.87. The Morgan fingerprint density at radius 2 is 1.59 bits per heavy atom. The minimum atomic E-state index is -3.81. The van der Waals surface area contributed by atoms with Crippen molar-refractivity contribution >= 4 is 27.7 Å². The molecule has 0 atom stereocenters. The van der Waals surface area contributed by atoms with Crippen molar-refractivity contribution in [2.45, 2.75) is 31.3 Å². The van der Waals surface area contributed by atoms with Crippen molar-refractivity contribution in [1.82, 2.24) is 9.78 Å². The minimum absolute atomic E-state index is 0.0131. The molecule has 0 aliphatic heterocycles. The van der Waals surface area contributed by atoms with Crippen molar-refractivity contribution in [3.8, 4) is 22.4 Å². The van der Waals surface area contributed by atoms with E-state index in [4.69, 9.17) is 21.5 Å². The van der Waals surface area contributed by atoms with Gasteiger partial charge in [-0.15, -0.1) is 0 Å². The number of halogens is 1. The molecule has 152 valence electrons. The van der Waals surface area contributed by atoms with E-state index in [2.05, 4.69) is 5.10 Å². The highest BCUT2D eigenvalue weighted by molar-refractivity contribution is 7.89. The lowest BCUT2D eigenvalue weighted by Gasteiger charge is -2.18. The predicted molar refractivity (Wildman–Crippen MR) is 111 cm³/mol. The lowest BCUT2D eigenvalue weighted by molar-refractivity contribution is 0.0515. The number of ether oxygens (including phenoxy) is 1. The number of hydrogen-bond donors (Lipinski definition) is 1. The summed E-state index contributed by atoms with van der Waals surface area (Å²) in [5, 5.41) is 10.1. The molecule has 0 bridgehead atoms. The summed E-state index contributed by atoms with van der Waals surface area (Å²) >= 11 is 5.98. The quantitative estimate of drug-likeness (QED) is 0.662. The molecule has 3 aromatic rings. The molecule has 0 unspecified atom stereocenters. The number of aromatic nitrogens is 2. The van der Waals surface area contributed by atoms with Crippen LogP contribution < -0.4 is 5.14 Å². The van der Waals surface area contributed by atoms with Crippen molar-refractivity contribution < 1.29 is 17.9 Å². The van der Waals surface area contributed by atoms with E-state index in [1.165, 1.54) is 12.1 Å². The van der Waals surface area contributed by atoms with Crippen LogP contribution in [0.5, 0.6) is 0 Å². The van der Waals surface area contributed by atoms with Gasteiger partial charge in [-0.05, 0) is 50.6 Å². The van der Waals surface area contributed by atoms with E-state index in [0.29, 0.717) is 21.8 Å². The average Bonchev–Trinajstić information content (AvgIpc) is 3.06. The number of nitrogens with two attached hydrogens (primary N) is 1. The number of sulfonamides is 1. The Labute approximate surface area is 174 Å². The van der Waals surface area contributed by atoms with E-state index in [1.54, 1.807) is 63.4 Å². The van der Waals surface area contributed by atoms with Crippen LogP contribution in [0, 0.1) is 0 Å². The second-order valence-corrected chi connectivity index (χ2v) is 9.39. The number of primary sulfonamides is 1. The van der Waals surface area contributed by atoms with Gasteiger partial charge in [-0.1, -0.05) is 35.9 Å². The van der Waals surface area contributed by atoms with Gasteiger partial charge in [-0.25, -0.2) is 18.4 Å². The summed E-state index contributed by atoms with van der Waals surface area (Å²) in [6.45, 7) is 5.30. The number of benzene rings is 2. The normalized spacial score (nSPS) is 12.0. The SMILES string of the molecule is CC(C)(C)OC(=O)n1cc(-c2ccc(Cl)cc2)c(-c2ccc(S(N)(=O)=O)cc2)n1. The van der Waals surface area contributed by atoms with Crippen LogP contribution >= 0.6 is 11.6 Å². The molecule has 2 N–H and O–H groups in total. The fourth-order valence-corrected chi connectivity index (χ4v) is 3.27. The molecule has 0 saturated heterocycles. The highest BCUT2D eigenvalue weighted by atomic mass is 35.5. The summed E-state index contributed by atoms with van der Waals surface area (Å²) in [6.07, 6.45) is 0.945. The number of carbonyl (C=O) groups excluding carboxylic acids is 1. The molecule has 7 nitrogen and oxygen atoms in total.